The molecule has 4 heteroatoms. The molecule has 1 amide bonds. The van der Waals surface area contributed by atoms with Crippen molar-refractivity contribution in [2.45, 2.75) is 0 Å². The molecule has 2 aromatic rings. The third-order valence-corrected chi connectivity index (χ3v) is 3.86. The highest BCUT2D eigenvalue weighted by Gasteiger charge is 2.12. The van der Waals surface area contributed by atoms with E-state index in [0.29, 0.717) is 12.3 Å². The van der Waals surface area contributed by atoms with Gasteiger partial charge in [-0.05, 0) is 23.1 Å². The van der Waals surface area contributed by atoms with E-state index in [0.717, 1.165) is 21.9 Å². The number of amides is 1. The molecule has 0 atom stereocenters. The predicted octanol–water partition coefficient (Wildman–Crippen LogP) is 3.97. The number of nitrogens with zero attached hydrogens (tertiary/aromatic N) is 1. The average molecular weight is 334 g/mol. The molecule has 4 nitrogen and oxygen atoms in total. The summed E-state index contributed by atoms with van der Waals surface area (Å²) in [5.74, 6) is 0.505. The minimum atomic E-state index is -0.128. The molecular formula is C21H22N2O2. The molecule has 2 rings (SSSR count). The summed E-state index contributed by atoms with van der Waals surface area (Å²) in [5.41, 5.74) is 1.73. The second-order valence-corrected chi connectivity index (χ2v) is 5.56. The molecule has 128 valence electrons. The minimum absolute atomic E-state index is 0.0526. The van der Waals surface area contributed by atoms with Gasteiger partial charge in [-0.3, -0.25) is 4.79 Å². The lowest BCUT2D eigenvalue weighted by Gasteiger charge is -2.18. The van der Waals surface area contributed by atoms with Crippen LogP contribution in [0.15, 0.2) is 73.4 Å². The number of benzene rings is 2. The van der Waals surface area contributed by atoms with E-state index in [-0.39, 0.29) is 12.5 Å². The van der Waals surface area contributed by atoms with Crippen LogP contribution in [0.25, 0.3) is 10.8 Å². The van der Waals surface area contributed by atoms with Gasteiger partial charge < -0.3 is 15.0 Å². The lowest BCUT2D eigenvalue weighted by molar-refractivity contribution is -0.131. The summed E-state index contributed by atoms with van der Waals surface area (Å²) in [5, 5.41) is 9.31. The number of carbonyl (C=O) groups excluding carboxylic acids is 1. The zero-order chi connectivity index (χ0) is 18.2. The maximum absolute atomic E-state index is 12.3. The van der Waals surface area contributed by atoms with Gasteiger partial charge in [0, 0.05) is 30.8 Å². The molecule has 0 bridgehead atoms. The molecule has 0 unspecified atom stereocenters. The van der Waals surface area contributed by atoms with Crippen molar-refractivity contribution in [2.75, 3.05) is 20.2 Å². The second-order valence-electron chi connectivity index (χ2n) is 5.56. The van der Waals surface area contributed by atoms with Crippen LogP contribution in [-0.2, 0) is 4.79 Å². The highest BCUT2D eigenvalue weighted by Crippen LogP contribution is 2.27. The molecule has 0 aliphatic carbocycles. The van der Waals surface area contributed by atoms with Crippen molar-refractivity contribution in [1.82, 2.24) is 4.90 Å². The van der Waals surface area contributed by atoms with E-state index in [1.807, 2.05) is 36.4 Å². The van der Waals surface area contributed by atoms with Crippen LogP contribution in [0.5, 0.6) is 5.75 Å². The fraction of sp³-hybridized carbons (Fsp3) is 0.143. The molecule has 1 N–H and O–H groups in total. The molecule has 0 saturated carbocycles. The van der Waals surface area contributed by atoms with Crippen molar-refractivity contribution < 1.29 is 9.53 Å². The quantitative estimate of drug-likeness (QED) is 0.586. The highest BCUT2D eigenvalue weighted by molar-refractivity contribution is 6.01. The molecule has 0 aliphatic rings. The van der Waals surface area contributed by atoms with Crippen molar-refractivity contribution in [3.8, 4) is 5.75 Å². The van der Waals surface area contributed by atoms with Crippen molar-refractivity contribution in [3.63, 3.8) is 0 Å². The van der Waals surface area contributed by atoms with Crippen molar-refractivity contribution in [1.29, 1.82) is 5.41 Å². The Hall–Kier alpha value is -3.14. The molecule has 0 saturated heterocycles. The first kappa shape index (κ1) is 18.2. The predicted molar refractivity (Wildman–Crippen MR) is 103 cm³/mol. The van der Waals surface area contributed by atoms with E-state index >= 15 is 0 Å². The first-order valence-electron chi connectivity index (χ1n) is 7.93. The Morgan fingerprint density at radius 2 is 1.92 bits per heavy atom. The molecule has 0 fully saturated rings. The first-order chi connectivity index (χ1) is 12.1. The molecule has 0 aromatic heterocycles. The van der Waals surface area contributed by atoms with Gasteiger partial charge in [-0.25, -0.2) is 0 Å². The van der Waals surface area contributed by atoms with Crippen molar-refractivity contribution in [3.05, 3.63) is 78.9 Å². The minimum Gasteiger partial charge on any atom is -0.483 e. The smallest absolute Gasteiger partial charge is 0.260 e. The Bertz CT molecular complexity index is 837. The number of hydrogen-bond acceptors (Lipinski definition) is 3. The maximum Gasteiger partial charge on any atom is 0.260 e. The summed E-state index contributed by atoms with van der Waals surface area (Å²) in [6, 6.07) is 11.3. The SMILES string of the molecule is C=C/C=C(\C=C)CN(C)C(=O)COc1ccc(C=N)c2ccccc12. The zero-order valence-electron chi connectivity index (χ0n) is 14.4. The number of rotatable bonds is 8. The Labute approximate surface area is 148 Å². The molecule has 0 heterocycles. The molecular weight excluding hydrogens is 312 g/mol. The van der Waals surface area contributed by atoms with Gasteiger partial charge in [0.2, 0.25) is 0 Å². The fourth-order valence-electron chi connectivity index (χ4n) is 2.49. The summed E-state index contributed by atoms with van der Waals surface area (Å²) >= 11 is 0. The summed E-state index contributed by atoms with van der Waals surface area (Å²) in [7, 11) is 1.72. The van der Waals surface area contributed by atoms with Crippen LogP contribution in [0, 0.1) is 5.41 Å². The summed E-state index contributed by atoms with van der Waals surface area (Å²) in [4.78, 5) is 13.9. The third kappa shape index (κ3) is 4.44. The molecule has 0 spiro atoms. The number of likely N-dealkylation sites (N-methyl/N-ethyl adjacent to an activating group) is 1. The Morgan fingerprint density at radius 3 is 2.56 bits per heavy atom. The van der Waals surface area contributed by atoms with Gasteiger partial charge in [0.25, 0.3) is 5.91 Å². The molecule has 0 radical (unpaired) electrons. The van der Waals surface area contributed by atoms with Crippen molar-refractivity contribution in [2.24, 2.45) is 0 Å². The summed E-state index contributed by atoms with van der Waals surface area (Å²) < 4.78 is 5.75. The fourth-order valence-corrected chi connectivity index (χ4v) is 2.49. The normalized spacial score (nSPS) is 11.0. The third-order valence-electron chi connectivity index (χ3n) is 3.86. The lowest BCUT2D eigenvalue weighted by atomic mass is 10.0. The molecule has 0 aliphatic heterocycles. The summed E-state index contributed by atoms with van der Waals surface area (Å²) in [6.07, 6.45) is 6.51. The van der Waals surface area contributed by atoms with Gasteiger partial charge in [-0.15, -0.1) is 0 Å². The van der Waals surface area contributed by atoms with Gasteiger partial charge in [0.1, 0.15) is 5.75 Å². The van der Waals surface area contributed by atoms with E-state index in [1.54, 1.807) is 30.2 Å². The van der Waals surface area contributed by atoms with Gasteiger partial charge >= 0.3 is 0 Å². The van der Waals surface area contributed by atoms with E-state index < -0.39 is 0 Å². The number of nitrogens with one attached hydrogen (secondary N) is 1. The van der Waals surface area contributed by atoms with Crippen molar-refractivity contribution >= 4 is 22.9 Å². The van der Waals surface area contributed by atoms with E-state index in [2.05, 4.69) is 13.2 Å². The van der Waals surface area contributed by atoms with Crippen LogP contribution in [0.2, 0.25) is 0 Å². The zero-order valence-corrected chi connectivity index (χ0v) is 14.4. The Balaban J connectivity index is 2.11. The van der Waals surface area contributed by atoms with Gasteiger partial charge in [0.05, 0.1) is 0 Å². The average Bonchev–Trinajstić information content (AvgIpc) is 2.65. The van der Waals surface area contributed by atoms with E-state index in [1.165, 1.54) is 6.21 Å². The standard InChI is InChI=1S/C21H22N2O2/c1-4-8-16(5-2)14-23(3)21(24)15-25-20-12-11-17(13-22)18-9-6-7-10-19(18)20/h4-13,22H,1-2,14-15H2,3H3/b16-8+,22-13?. The van der Waals surface area contributed by atoms with Crippen LogP contribution in [0.3, 0.4) is 0 Å². The summed E-state index contributed by atoms with van der Waals surface area (Å²) in [6.45, 7) is 7.78. The number of allylic oxidation sites excluding steroid dienone is 2. The van der Waals surface area contributed by atoms with E-state index in [9.17, 15) is 4.79 Å². The molecule has 25 heavy (non-hydrogen) atoms. The second kappa shape index (κ2) is 8.64. The number of ether oxygens (including phenoxy) is 1. The number of carbonyl (C=O) groups is 1. The monoisotopic (exact) mass is 334 g/mol. The Kier molecular flexibility index (Phi) is 6.29. The maximum atomic E-state index is 12.3. The lowest BCUT2D eigenvalue weighted by Crippen LogP contribution is -2.32. The van der Waals surface area contributed by atoms with Crippen LogP contribution < -0.4 is 4.74 Å². The topological polar surface area (TPSA) is 53.4 Å². The highest BCUT2D eigenvalue weighted by atomic mass is 16.5. The molecule has 2 aromatic carbocycles. The number of fused-ring (bicyclic) bond motifs is 1. The van der Waals surface area contributed by atoms with E-state index in [4.69, 9.17) is 10.1 Å². The van der Waals surface area contributed by atoms with Crippen LogP contribution in [-0.4, -0.2) is 37.2 Å². The number of hydrogen-bond donors (Lipinski definition) is 1. The first-order valence-corrected chi connectivity index (χ1v) is 7.93. The largest absolute Gasteiger partial charge is 0.483 e. The Morgan fingerprint density at radius 1 is 1.20 bits per heavy atom. The van der Waals surface area contributed by atoms with Gasteiger partial charge in [-0.2, -0.15) is 0 Å². The van der Waals surface area contributed by atoms with Crippen LogP contribution >= 0.6 is 0 Å². The van der Waals surface area contributed by atoms with Crippen LogP contribution in [0.4, 0.5) is 0 Å². The van der Waals surface area contributed by atoms with Gasteiger partial charge in [0.15, 0.2) is 6.61 Å². The van der Waals surface area contributed by atoms with Crippen LogP contribution in [0.1, 0.15) is 5.56 Å². The van der Waals surface area contributed by atoms with Gasteiger partial charge in [-0.1, -0.05) is 55.7 Å².